The van der Waals surface area contributed by atoms with E-state index in [1.165, 1.54) is 32.1 Å². The Kier molecular flexibility index (Phi) is 10.3. The predicted octanol–water partition coefficient (Wildman–Crippen LogP) is 5.07. The third-order valence-corrected chi connectivity index (χ3v) is 8.07. The van der Waals surface area contributed by atoms with Gasteiger partial charge in [-0.2, -0.15) is 0 Å². The summed E-state index contributed by atoms with van der Waals surface area (Å²) >= 11 is 0. The Labute approximate surface area is 237 Å². The van der Waals surface area contributed by atoms with Gasteiger partial charge in [0.05, 0.1) is 31.0 Å². The highest BCUT2D eigenvalue weighted by atomic mass is 16.5. The van der Waals surface area contributed by atoms with Crippen LogP contribution in [0.3, 0.4) is 0 Å². The number of carbonyl (C=O) groups is 2. The first-order chi connectivity index (χ1) is 19.3. The third-order valence-electron chi connectivity index (χ3n) is 8.07. The molecule has 3 N–H and O–H groups in total. The molecule has 0 spiro atoms. The highest BCUT2D eigenvalue weighted by Gasteiger charge is 2.35. The molecule has 0 radical (unpaired) electrons. The topological polar surface area (TPSA) is 103 Å². The Morgan fingerprint density at radius 2 is 1.85 bits per heavy atom. The lowest BCUT2D eigenvalue weighted by Crippen LogP contribution is -2.50. The molecule has 9 nitrogen and oxygen atoms in total. The molecular weight excluding hydrogens is 508 g/mol. The lowest BCUT2D eigenvalue weighted by Gasteiger charge is -2.39. The lowest BCUT2D eigenvalue weighted by molar-refractivity contribution is 0.0333. The molecule has 218 valence electrons. The van der Waals surface area contributed by atoms with Crippen molar-refractivity contribution in [2.24, 2.45) is 11.8 Å². The summed E-state index contributed by atoms with van der Waals surface area (Å²) in [5.41, 5.74) is 1.39. The van der Waals surface area contributed by atoms with E-state index in [1.807, 2.05) is 6.92 Å². The molecule has 1 fully saturated rings. The molecule has 2 aliphatic rings. The Hall–Kier alpha value is -3.30. The summed E-state index contributed by atoms with van der Waals surface area (Å²) < 4.78 is 11.8. The van der Waals surface area contributed by atoms with Gasteiger partial charge in [0.1, 0.15) is 11.9 Å². The molecule has 1 aliphatic carbocycles. The van der Waals surface area contributed by atoms with Gasteiger partial charge >= 0.3 is 6.03 Å². The van der Waals surface area contributed by atoms with E-state index >= 15 is 0 Å². The number of anilines is 2. The van der Waals surface area contributed by atoms with Crippen LogP contribution in [0.4, 0.5) is 16.2 Å². The zero-order chi connectivity index (χ0) is 28.6. The number of benzene rings is 2. The number of carbonyl (C=O) groups excluding carboxylic acids is 2. The minimum absolute atomic E-state index is 0.00101. The summed E-state index contributed by atoms with van der Waals surface area (Å²) in [5, 5.41) is 15.6. The SMILES string of the molecule is COc1ccc(NC(=O)Nc2cccc3c2O[C@H](CN(C)CC2CCCCC2)[C@@H](C)CN([C@H](C)CO)C3=O)cc1. The van der Waals surface area contributed by atoms with Crippen molar-refractivity contribution in [3.63, 3.8) is 0 Å². The van der Waals surface area contributed by atoms with Crippen molar-refractivity contribution in [1.82, 2.24) is 9.80 Å². The molecule has 2 aromatic carbocycles. The fraction of sp³-hybridized carbons (Fsp3) is 0.548. The number of para-hydroxylation sites is 1. The Morgan fingerprint density at radius 1 is 1.12 bits per heavy atom. The van der Waals surface area contributed by atoms with Crippen molar-refractivity contribution in [3.8, 4) is 11.5 Å². The average Bonchev–Trinajstić information content (AvgIpc) is 2.95. The van der Waals surface area contributed by atoms with Gasteiger partial charge in [-0.25, -0.2) is 4.79 Å². The summed E-state index contributed by atoms with van der Waals surface area (Å²) in [7, 11) is 3.72. The minimum Gasteiger partial charge on any atom is -0.497 e. The van der Waals surface area contributed by atoms with Crippen LogP contribution >= 0.6 is 0 Å². The number of rotatable bonds is 9. The zero-order valence-corrected chi connectivity index (χ0v) is 24.2. The highest BCUT2D eigenvalue weighted by molar-refractivity contribution is 6.04. The molecule has 0 unspecified atom stereocenters. The first kappa shape index (κ1) is 29.7. The maximum Gasteiger partial charge on any atom is 0.323 e. The molecule has 40 heavy (non-hydrogen) atoms. The summed E-state index contributed by atoms with van der Waals surface area (Å²) in [6.45, 7) is 5.97. The van der Waals surface area contributed by atoms with Crippen LogP contribution in [0, 0.1) is 11.8 Å². The number of nitrogens with one attached hydrogen (secondary N) is 2. The van der Waals surface area contributed by atoms with Gasteiger partial charge < -0.3 is 35.0 Å². The van der Waals surface area contributed by atoms with Gasteiger partial charge in [0.25, 0.3) is 5.91 Å². The number of ether oxygens (including phenoxy) is 2. The van der Waals surface area contributed by atoms with Crippen LogP contribution in [-0.4, -0.2) is 79.4 Å². The van der Waals surface area contributed by atoms with E-state index in [-0.39, 0.29) is 30.6 Å². The number of nitrogens with zero attached hydrogens (tertiary/aromatic N) is 2. The number of aliphatic hydroxyl groups excluding tert-OH is 1. The number of hydrogen-bond acceptors (Lipinski definition) is 6. The van der Waals surface area contributed by atoms with Crippen molar-refractivity contribution < 1.29 is 24.2 Å². The Morgan fingerprint density at radius 3 is 2.52 bits per heavy atom. The molecule has 9 heteroatoms. The van der Waals surface area contributed by atoms with Gasteiger partial charge in [0.2, 0.25) is 0 Å². The number of aliphatic hydroxyl groups is 1. The normalized spacial score (nSPS) is 20.6. The monoisotopic (exact) mass is 552 g/mol. The maximum absolute atomic E-state index is 13.7. The largest absolute Gasteiger partial charge is 0.497 e. The molecule has 0 bridgehead atoms. The number of hydrogen-bond donors (Lipinski definition) is 3. The van der Waals surface area contributed by atoms with E-state index in [9.17, 15) is 14.7 Å². The fourth-order valence-corrected chi connectivity index (χ4v) is 5.71. The van der Waals surface area contributed by atoms with Gasteiger partial charge in [-0.3, -0.25) is 4.79 Å². The summed E-state index contributed by atoms with van der Waals surface area (Å²) in [4.78, 5) is 30.7. The van der Waals surface area contributed by atoms with Crippen LogP contribution in [0.15, 0.2) is 42.5 Å². The molecule has 3 amide bonds. The van der Waals surface area contributed by atoms with Gasteiger partial charge in [-0.15, -0.1) is 0 Å². The van der Waals surface area contributed by atoms with E-state index in [0.29, 0.717) is 47.4 Å². The second kappa shape index (κ2) is 13.9. The van der Waals surface area contributed by atoms with Crippen molar-refractivity contribution in [2.75, 3.05) is 51.0 Å². The van der Waals surface area contributed by atoms with Crippen LogP contribution in [0.1, 0.15) is 56.3 Å². The van der Waals surface area contributed by atoms with Crippen LogP contribution in [0.5, 0.6) is 11.5 Å². The number of fused-ring (bicyclic) bond motifs is 1. The molecule has 0 saturated heterocycles. The van der Waals surface area contributed by atoms with Crippen LogP contribution in [0.2, 0.25) is 0 Å². The van der Waals surface area contributed by atoms with E-state index in [2.05, 4.69) is 29.5 Å². The molecule has 3 atom stereocenters. The number of methoxy groups -OCH3 is 1. The van der Waals surface area contributed by atoms with Gasteiger partial charge in [0.15, 0.2) is 5.75 Å². The van der Waals surface area contributed by atoms with Gasteiger partial charge in [-0.1, -0.05) is 32.3 Å². The summed E-state index contributed by atoms with van der Waals surface area (Å²) in [5.74, 6) is 1.52. The average molecular weight is 553 g/mol. The van der Waals surface area contributed by atoms with E-state index in [1.54, 1.807) is 54.5 Å². The van der Waals surface area contributed by atoms with Crippen molar-refractivity contribution in [2.45, 2.75) is 58.1 Å². The predicted molar refractivity (Wildman–Crippen MR) is 157 cm³/mol. The van der Waals surface area contributed by atoms with Gasteiger partial charge in [-0.05, 0) is 69.1 Å². The molecule has 1 heterocycles. The summed E-state index contributed by atoms with van der Waals surface area (Å²) in [6, 6.07) is 11.4. The molecule has 1 saturated carbocycles. The minimum atomic E-state index is -0.448. The van der Waals surface area contributed by atoms with Crippen LogP contribution < -0.4 is 20.1 Å². The molecular formula is C31H44N4O5. The Balaban J connectivity index is 1.58. The highest BCUT2D eigenvalue weighted by Crippen LogP contribution is 2.35. The maximum atomic E-state index is 13.7. The first-order valence-corrected chi connectivity index (χ1v) is 14.4. The van der Waals surface area contributed by atoms with Gasteiger partial charge in [0, 0.05) is 31.2 Å². The van der Waals surface area contributed by atoms with E-state index < -0.39 is 6.03 Å². The van der Waals surface area contributed by atoms with Crippen molar-refractivity contribution in [1.29, 1.82) is 0 Å². The third kappa shape index (κ3) is 7.46. The second-order valence-corrected chi connectivity index (χ2v) is 11.3. The van der Waals surface area contributed by atoms with Crippen LogP contribution in [-0.2, 0) is 0 Å². The number of likely N-dealkylation sites (N-methyl/N-ethyl adjacent to an activating group) is 1. The fourth-order valence-electron chi connectivity index (χ4n) is 5.71. The molecule has 0 aromatic heterocycles. The standard InChI is InChI=1S/C31H44N4O5/c1-21-17-35(22(2)20-36)30(37)26-11-8-12-27(33-31(38)32-24-13-15-25(39-4)16-14-24)29(26)40-28(21)19-34(3)18-23-9-6-5-7-10-23/h8,11-16,21-23,28,36H,5-7,9-10,17-20H2,1-4H3,(H2,32,33,38)/t21-,22+,28+/m0/s1. The Bertz CT molecular complexity index is 1140. The zero-order valence-electron chi connectivity index (χ0n) is 24.2. The second-order valence-electron chi connectivity index (χ2n) is 11.3. The van der Waals surface area contributed by atoms with Crippen molar-refractivity contribution in [3.05, 3.63) is 48.0 Å². The molecule has 2 aromatic rings. The number of amides is 3. The lowest BCUT2D eigenvalue weighted by atomic mass is 9.89. The van der Waals surface area contributed by atoms with E-state index in [4.69, 9.17) is 9.47 Å². The first-order valence-electron chi connectivity index (χ1n) is 14.4. The number of urea groups is 1. The molecule has 1 aliphatic heterocycles. The quantitative estimate of drug-likeness (QED) is 0.401. The van der Waals surface area contributed by atoms with E-state index in [0.717, 1.165) is 6.54 Å². The van der Waals surface area contributed by atoms with Crippen molar-refractivity contribution >= 4 is 23.3 Å². The summed E-state index contributed by atoms with van der Waals surface area (Å²) in [6.07, 6.45) is 6.23. The molecule has 4 rings (SSSR count). The van der Waals surface area contributed by atoms with Crippen LogP contribution in [0.25, 0.3) is 0 Å². The smallest absolute Gasteiger partial charge is 0.323 e.